The molecule has 4 heteroatoms. The SMILES string of the molecule is CCN(CCNCCCOC(C)C)c1ccccc1F. The molecule has 20 heavy (non-hydrogen) atoms. The van der Waals surface area contributed by atoms with Gasteiger partial charge in [0, 0.05) is 26.2 Å². The molecule has 0 aromatic heterocycles. The lowest BCUT2D eigenvalue weighted by Gasteiger charge is -2.23. The van der Waals surface area contributed by atoms with Crippen LogP contribution in [0.15, 0.2) is 24.3 Å². The van der Waals surface area contributed by atoms with Crippen LogP contribution in [0.5, 0.6) is 0 Å². The van der Waals surface area contributed by atoms with E-state index in [-0.39, 0.29) is 5.82 Å². The lowest BCUT2D eigenvalue weighted by molar-refractivity contribution is 0.0771. The van der Waals surface area contributed by atoms with Gasteiger partial charge in [-0.3, -0.25) is 0 Å². The summed E-state index contributed by atoms with van der Waals surface area (Å²) in [4.78, 5) is 2.05. The maximum Gasteiger partial charge on any atom is 0.146 e. The standard InChI is InChI=1S/C16H27FN2O/c1-4-19(16-9-6-5-8-15(16)17)12-11-18-10-7-13-20-14(2)3/h5-6,8-9,14,18H,4,7,10-13H2,1-3H3. The van der Waals surface area contributed by atoms with Crippen molar-refractivity contribution in [2.24, 2.45) is 0 Å². The Hall–Kier alpha value is -1.13. The zero-order valence-electron chi connectivity index (χ0n) is 12.9. The zero-order chi connectivity index (χ0) is 14.8. The topological polar surface area (TPSA) is 24.5 Å². The Morgan fingerprint density at radius 2 is 2.00 bits per heavy atom. The van der Waals surface area contributed by atoms with Gasteiger partial charge < -0.3 is 15.0 Å². The molecule has 0 atom stereocenters. The van der Waals surface area contributed by atoms with Gasteiger partial charge in [-0.05, 0) is 45.9 Å². The van der Waals surface area contributed by atoms with E-state index >= 15 is 0 Å². The highest BCUT2D eigenvalue weighted by atomic mass is 19.1. The number of rotatable bonds is 10. The highest BCUT2D eigenvalue weighted by molar-refractivity contribution is 5.47. The Morgan fingerprint density at radius 1 is 1.25 bits per heavy atom. The summed E-state index contributed by atoms with van der Waals surface area (Å²) in [6.07, 6.45) is 1.30. The second-order valence-electron chi connectivity index (χ2n) is 5.05. The van der Waals surface area contributed by atoms with E-state index in [0.29, 0.717) is 11.8 Å². The molecule has 0 unspecified atom stereocenters. The largest absolute Gasteiger partial charge is 0.379 e. The summed E-state index contributed by atoms with van der Waals surface area (Å²) in [6.45, 7) is 10.3. The minimum atomic E-state index is -0.153. The van der Waals surface area contributed by atoms with Gasteiger partial charge in [-0.1, -0.05) is 12.1 Å². The molecule has 1 rings (SSSR count). The summed E-state index contributed by atoms with van der Waals surface area (Å²) in [6, 6.07) is 6.93. The molecule has 0 saturated carbocycles. The summed E-state index contributed by atoms with van der Waals surface area (Å²) in [5.41, 5.74) is 0.681. The molecule has 0 aliphatic carbocycles. The molecular weight excluding hydrogens is 255 g/mol. The predicted molar refractivity (Wildman–Crippen MR) is 82.9 cm³/mol. The maximum atomic E-state index is 13.7. The van der Waals surface area contributed by atoms with E-state index in [1.807, 2.05) is 37.8 Å². The molecular formula is C16H27FN2O. The van der Waals surface area contributed by atoms with Crippen LogP contribution in [-0.2, 0) is 4.74 Å². The Morgan fingerprint density at radius 3 is 2.65 bits per heavy atom. The van der Waals surface area contributed by atoms with E-state index in [4.69, 9.17) is 4.74 Å². The molecule has 114 valence electrons. The molecule has 0 radical (unpaired) electrons. The van der Waals surface area contributed by atoms with Crippen molar-refractivity contribution in [3.63, 3.8) is 0 Å². The average Bonchev–Trinajstić information content (AvgIpc) is 2.43. The first kappa shape index (κ1) is 16.9. The normalized spacial score (nSPS) is 11.1. The fourth-order valence-electron chi connectivity index (χ4n) is 2.01. The van der Waals surface area contributed by atoms with Gasteiger partial charge in [0.15, 0.2) is 0 Å². The lowest BCUT2D eigenvalue weighted by Crippen LogP contribution is -2.33. The third-order valence-corrected chi connectivity index (χ3v) is 3.08. The smallest absolute Gasteiger partial charge is 0.146 e. The van der Waals surface area contributed by atoms with Crippen LogP contribution in [0.3, 0.4) is 0 Å². The molecule has 0 amide bonds. The zero-order valence-corrected chi connectivity index (χ0v) is 12.9. The number of halogens is 1. The monoisotopic (exact) mass is 282 g/mol. The van der Waals surface area contributed by atoms with E-state index in [1.165, 1.54) is 6.07 Å². The summed E-state index contributed by atoms with van der Waals surface area (Å²) in [5, 5.41) is 3.37. The van der Waals surface area contributed by atoms with Crippen LogP contribution in [0.2, 0.25) is 0 Å². The average molecular weight is 282 g/mol. The fraction of sp³-hybridized carbons (Fsp3) is 0.625. The molecule has 0 fully saturated rings. The van der Waals surface area contributed by atoms with Crippen LogP contribution in [-0.4, -0.2) is 38.9 Å². The fourth-order valence-corrected chi connectivity index (χ4v) is 2.01. The highest BCUT2D eigenvalue weighted by Gasteiger charge is 2.08. The summed E-state index contributed by atoms with van der Waals surface area (Å²) in [5.74, 6) is -0.153. The second kappa shape index (κ2) is 9.72. The van der Waals surface area contributed by atoms with Gasteiger partial charge in [0.1, 0.15) is 5.82 Å². The number of para-hydroxylation sites is 1. The molecule has 0 spiro atoms. The van der Waals surface area contributed by atoms with E-state index in [0.717, 1.165) is 39.2 Å². The number of likely N-dealkylation sites (N-methyl/N-ethyl adjacent to an activating group) is 1. The van der Waals surface area contributed by atoms with Crippen LogP contribution in [0, 0.1) is 5.82 Å². The minimum absolute atomic E-state index is 0.153. The molecule has 1 aromatic rings. The number of hydrogen-bond donors (Lipinski definition) is 1. The van der Waals surface area contributed by atoms with Crippen molar-refractivity contribution in [1.29, 1.82) is 0 Å². The van der Waals surface area contributed by atoms with E-state index < -0.39 is 0 Å². The number of anilines is 1. The van der Waals surface area contributed by atoms with Crippen molar-refractivity contribution >= 4 is 5.69 Å². The minimum Gasteiger partial charge on any atom is -0.379 e. The van der Waals surface area contributed by atoms with Crippen molar-refractivity contribution in [2.75, 3.05) is 37.7 Å². The van der Waals surface area contributed by atoms with Gasteiger partial charge in [-0.2, -0.15) is 0 Å². The summed E-state index contributed by atoms with van der Waals surface area (Å²) in [7, 11) is 0. The number of hydrogen-bond acceptors (Lipinski definition) is 3. The summed E-state index contributed by atoms with van der Waals surface area (Å²) < 4.78 is 19.2. The van der Waals surface area contributed by atoms with Gasteiger partial charge >= 0.3 is 0 Å². The molecule has 0 aliphatic heterocycles. The van der Waals surface area contributed by atoms with Gasteiger partial charge in [-0.25, -0.2) is 4.39 Å². The first-order valence-electron chi connectivity index (χ1n) is 7.47. The van der Waals surface area contributed by atoms with Crippen LogP contribution >= 0.6 is 0 Å². The Kier molecular flexibility index (Phi) is 8.23. The molecule has 1 aromatic carbocycles. The van der Waals surface area contributed by atoms with Crippen molar-refractivity contribution < 1.29 is 9.13 Å². The van der Waals surface area contributed by atoms with Crippen molar-refractivity contribution in [2.45, 2.75) is 33.3 Å². The van der Waals surface area contributed by atoms with Gasteiger partial charge in [0.05, 0.1) is 11.8 Å². The van der Waals surface area contributed by atoms with Gasteiger partial charge in [0.2, 0.25) is 0 Å². The summed E-state index contributed by atoms with van der Waals surface area (Å²) >= 11 is 0. The van der Waals surface area contributed by atoms with Crippen molar-refractivity contribution in [1.82, 2.24) is 5.32 Å². The van der Waals surface area contributed by atoms with Crippen LogP contribution < -0.4 is 10.2 Å². The molecule has 0 heterocycles. The third-order valence-electron chi connectivity index (χ3n) is 3.08. The number of benzene rings is 1. The maximum absolute atomic E-state index is 13.7. The number of nitrogens with one attached hydrogen (secondary N) is 1. The van der Waals surface area contributed by atoms with Crippen molar-refractivity contribution in [3.8, 4) is 0 Å². The van der Waals surface area contributed by atoms with Crippen molar-refractivity contribution in [3.05, 3.63) is 30.1 Å². The first-order valence-corrected chi connectivity index (χ1v) is 7.47. The van der Waals surface area contributed by atoms with Gasteiger partial charge in [0.25, 0.3) is 0 Å². The van der Waals surface area contributed by atoms with Crippen LogP contribution in [0.1, 0.15) is 27.2 Å². The predicted octanol–water partition coefficient (Wildman–Crippen LogP) is 3.06. The lowest BCUT2D eigenvalue weighted by atomic mass is 10.2. The second-order valence-corrected chi connectivity index (χ2v) is 5.05. The first-order chi connectivity index (χ1) is 9.65. The Balaban J connectivity index is 2.21. The molecule has 0 saturated heterocycles. The molecule has 0 bridgehead atoms. The molecule has 1 N–H and O–H groups in total. The van der Waals surface area contributed by atoms with E-state index in [9.17, 15) is 4.39 Å². The quantitative estimate of drug-likeness (QED) is 0.668. The Labute approximate surface area is 122 Å². The van der Waals surface area contributed by atoms with Crippen LogP contribution in [0.4, 0.5) is 10.1 Å². The Bertz CT molecular complexity index is 371. The van der Waals surface area contributed by atoms with E-state index in [2.05, 4.69) is 5.32 Å². The molecule has 3 nitrogen and oxygen atoms in total. The van der Waals surface area contributed by atoms with E-state index in [1.54, 1.807) is 6.07 Å². The van der Waals surface area contributed by atoms with Crippen LogP contribution in [0.25, 0.3) is 0 Å². The third kappa shape index (κ3) is 6.35. The number of ether oxygens (including phenoxy) is 1. The van der Waals surface area contributed by atoms with Gasteiger partial charge in [-0.15, -0.1) is 0 Å². The highest BCUT2D eigenvalue weighted by Crippen LogP contribution is 2.17. The molecule has 0 aliphatic rings. The number of nitrogens with zero attached hydrogens (tertiary/aromatic N) is 1.